The molecule has 4 N–H and O–H groups in total. The predicted molar refractivity (Wildman–Crippen MR) is 242 cm³/mol. The summed E-state index contributed by atoms with van der Waals surface area (Å²) in [5, 5.41) is 5.87. The number of anilines is 4. The fraction of sp³-hybridized carbons (Fsp3) is 0.265. The topological polar surface area (TPSA) is 96.3 Å². The number of nitrogens with zero attached hydrogens (tertiary/aromatic N) is 4. The van der Waals surface area contributed by atoms with Gasteiger partial charge in [-0.25, -0.2) is 9.57 Å². The summed E-state index contributed by atoms with van der Waals surface area (Å²) in [7, 11) is 0. The maximum absolute atomic E-state index is 6.55. The van der Waals surface area contributed by atoms with Crippen molar-refractivity contribution in [2.24, 2.45) is 4.99 Å². The summed E-state index contributed by atoms with van der Waals surface area (Å²) < 4.78 is 15.1. The molecule has 300 valence electrons. The summed E-state index contributed by atoms with van der Waals surface area (Å²) in [5.41, 5.74) is 22.6. The van der Waals surface area contributed by atoms with E-state index >= 15 is 0 Å². The Kier molecular flexibility index (Phi) is 12.7. The van der Waals surface area contributed by atoms with Gasteiger partial charge in [0.15, 0.2) is 11.5 Å². The van der Waals surface area contributed by atoms with Crippen LogP contribution in [0.5, 0.6) is 11.5 Å². The average Bonchev–Trinajstić information content (AvgIpc) is 3.22. The smallest absolute Gasteiger partial charge is 0.203 e. The van der Waals surface area contributed by atoms with Gasteiger partial charge in [-0.1, -0.05) is 24.8 Å². The molecule has 2 aliphatic heterocycles. The Morgan fingerprint density at radius 1 is 0.690 bits per heavy atom. The van der Waals surface area contributed by atoms with Crippen LogP contribution in [0.3, 0.4) is 0 Å². The number of hydrogen-bond donors (Lipinski definition) is 2. The lowest BCUT2D eigenvalue weighted by molar-refractivity contribution is -0.0000126. The molecule has 0 aromatic heterocycles. The molecule has 5 aromatic rings. The Hall–Kier alpha value is -5.99. The summed E-state index contributed by atoms with van der Waals surface area (Å²) in [4.78, 5) is 9.47. The van der Waals surface area contributed by atoms with E-state index in [-0.39, 0.29) is 12.4 Å². The van der Waals surface area contributed by atoms with Crippen LogP contribution < -0.4 is 58.9 Å². The monoisotopic (exact) mass is 794 g/mol. The quantitative estimate of drug-likeness (QED) is 0.0986. The number of nitrogen functional groups attached to an aromatic ring is 2. The molecule has 58 heavy (non-hydrogen) atoms. The van der Waals surface area contributed by atoms with E-state index in [9.17, 15) is 0 Å². The van der Waals surface area contributed by atoms with Crippen molar-refractivity contribution >= 4 is 56.8 Å². The van der Waals surface area contributed by atoms with Crippen LogP contribution in [0, 0.1) is 6.92 Å². The summed E-state index contributed by atoms with van der Waals surface area (Å²) in [6.45, 7) is 25.1. The van der Waals surface area contributed by atoms with Gasteiger partial charge in [-0.2, -0.15) is 0 Å². The number of benzene rings is 6. The normalized spacial score (nSPS) is 11.4. The van der Waals surface area contributed by atoms with Crippen molar-refractivity contribution in [3.8, 4) is 33.9 Å². The van der Waals surface area contributed by atoms with Crippen LogP contribution in [-0.4, -0.2) is 39.3 Å². The van der Waals surface area contributed by atoms with Gasteiger partial charge in [0.1, 0.15) is 35.5 Å². The summed E-state index contributed by atoms with van der Waals surface area (Å²) in [6, 6.07) is 33.2. The van der Waals surface area contributed by atoms with Crippen molar-refractivity contribution in [1.29, 1.82) is 0 Å². The molecule has 2 heterocycles. The van der Waals surface area contributed by atoms with Gasteiger partial charge in [0.25, 0.3) is 0 Å². The van der Waals surface area contributed by atoms with Crippen molar-refractivity contribution in [3.63, 3.8) is 0 Å². The minimum absolute atomic E-state index is 0. The van der Waals surface area contributed by atoms with Crippen molar-refractivity contribution in [1.82, 2.24) is 4.58 Å². The first-order chi connectivity index (χ1) is 27.6. The Labute approximate surface area is 348 Å². The number of nitrogens with two attached hydrogens (primary N) is 2. The van der Waals surface area contributed by atoms with E-state index in [1.165, 1.54) is 22.2 Å². The van der Waals surface area contributed by atoms with E-state index in [0.717, 1.165) is 111 Å². The predicted octanol–water partition coefficient (Wildman–Crippen LogP) is 6.49. The van der Waals surface area contributed by atoms with Crippen LogP contribution in [0.2, 0.25) is 0 Å². The van der Waals surface area contributed by atoms with Crippen LogP contribution in [-0.2, 0) is 0 Å². The van der Waals surface area contributed by atoms with E-state index in [1.54, 1.807) is 0 Å². The zero-order valence-electron chi connectivity index (χ0n) is 34.8. The second kappa shape index (κ2) is 17.7. The third-order valence-electron chi connectivity index (χ3n) is 11.2. The van der Waals surface area contributed by atoms with E-state index in [0.29, 0.717) is 11.4 Å². The third-order valence-corrected chi connectivity index (χ3v) is 11.2. The number of hydrogen-bond acceptors (Lipinski definition) is 7. The fourth-order valence-corrected chi connectivity index (χ4v) is 8.06. The Balaban J connectivity index is 0.000000198. The lowest BCUT2D eigenvalue weighted by Gasteiger charge is -2.23. The Morgan fingerprint density at radius 3 is 2.07 bits per heavy atom. The van der Waals surface area contributed by atoms with E-state index in [2.05, 4.69) is 130 Å². The van der Waals surface area contributed by atoms with Crippen molar-refractivity contribution in [3.05, 3.63) is 119 Å². The molecular formula is C49H55ClN6O2. The third kappa shape index (κ3) is 7.81. The molecule has 0 saturated heterocycles. The highest BCUT2D eigenvalue weighted by Gasteiger charge is 2.21. The second-order valence-corrected chi connectivity index (χ2v) is 14.4. The standard InChI is InChI=1S/C28H34N3O.C21H21N3O.ClH/c1-6-30(7-2)21-12-14-23-26(17-21)32-27-18-22(31(8-3)9-4)13-15-24(27)28(23)25-16-20(29)11-10-19(25)5;1-4-24(5-2)14-9-10-17-18(12-14)25-19-11-13(3)15-7-6-8-16(22)20(15)21(19)23-17;/h10-18H,6-9,29H2,1-5H3;6-12H,3-5,22H2,1-2H3;1H/q+1;;/p-1. The number of fused-ring (bicyclic) bond motifs is 6. The molecule has 1 aliphatic carbocycles. The zero-order chi connectivity index (χ0) is 40.4. The maximum atomic E-state index is 6.55. The van der Waals surface area contributed by atoms with Gasteiger partial charge in [0.05, 0.1) is 6.07 Å². The van der Waals surface area contributed by atoms with Crippen molar-refractivity contribution < 1.29 is 21.6 Å². The van der Waals surface area contributed by atoms with E-state index in [1.807, 2.05) is 36.4 Å². The molecule has 0 radical (unpaired) electrons. The molecule has 0 saturated carbocycles. The summed E-state index contributed by atoms with van der Waals surface area (Å²) >= 11 is 0. The molecule has 9 heteroatoms. The van der Waals surface area contributed by atoms with Crippen molar-refractivity contribution in [2.75, 3.05) is 60.5 Å². The number of rotatable bonds is 9. The van der Waals surface area contributed by atoms with Crippen LogP contribution >= 0.6 is 0 Å². The number of aryl methyl sites for hydroxylation is 1. The first kappa shape index (κ1) is 41.6. The van der Waals surface area contributed by atoms with Gasteiger partial charge in [-0.3, -0.25) is 0 Å². The Morgan fingerprint density at radius 2 is 1.38 bits per heavy atom. The van der Waals surface area contributed by atoms with Gasteiger partial charge >= 0.3 is 0 Å². The molecule has 8 rings (SSSR count). The average molecular weight is 795 g/mol. The van der Waals surface area contributed by atoms with Crippen molar-refractivity contribution in [2.45, 2.75) is 48.5 Å². The molecule has 0 amide bonds. The number of halogens is 1. The molecule has 0 unspecified atom stereocenters. The van der Waals surface area contributed by atoms with Gasteiger partial charge in [-0.15, -0.1) is 0 Å². The molecule has 8 nitrogen and oxygen atoms in total. The molecule has 0 spiro atoms. The van der Waals surface area contributed by atoms with Gasteiger partial charge < -0.3 is 42.8 Å². The number of ether oxygens (including phenoxy) is 1. The minimum Gasteiger partial charge on any atom is -1.00 e. The lowest BCUT2D eigenvalue weighted by atomic mass is 9.90. The van der Waals surface area contributed by atoms with Gasteiger partial charge in [-0.05, 0) is 125 Å². The van der Waals surface area contributed by atoms with E-state index < -0.39 is 0 Å². The molecule has 0 bridgehead atoms. The molecule has 3 aliphatic rings. The summed E-state index contributed by atoms with van der Waals surface area (Å²) in [6.07, 6.45) is 0. The maximum Gasteiger partial charge on any atom is 0.203 e. The highest BCUT2D eigenvalue weighted by molar-refractivity contribution is 6.03. The first-order valence-corrected chi connectivity index (χ1v) is 20.3. The summed E-state index contributed by atoms with van der Waals surface area (Å²) in [5.74, 6) is 2.38. The van der Waals surface area contributed by atoms with E-state index in [4.69, 9.17) is 25.6 Å². The second-order valence-electron chi connectivity index (χ2n) is 14.4. The minimum atomic E-state index is 0. The van der Waals surface area contributed by atoms with Crippen LogP contribution in [0.15, 0.2) is 106 Å². The molecule has 0 fully saturated rings. The highest BCUT2D eigenvalue weighted by atomic mass is 35.5. The van der Waals surface area contributed by atoms with Crippen LogP contribution in [0.4, 0.5) is 28.4 Å². The van der Waals surface area contributed by atoms with Gasteiger partial charge in [0.2, 0.25) is 5.36 Å². The molecule has 0 atom stereocenters. The van der Waals surface area contributed by atoms with Crippen LogP contribution in [0.1, 0.15) is 47.1 Å². The fourth-order valence-electron chi connectivity index (χ4n) is 8.06. The SMILES string of the molecule is C=c1cc2c(c3c(N)cccc13)=Nc1ccc(N(CC)CC)cc1O2.CCN(CC)c1ccc2c(-c3cc(N)ccc3C)c3ccc(=[N+](CC)CC)cc-3oc2c1.[Cl-]. The van der Waals surface area contributed by atoms with Crippen LogP contribution in [0.25, 0.3) is 50.8 Å². The zero-order valence-corrected chi connectivity index (χ0v) is 35.6. The lowest BCUT2D eigenvalue weighted by Crippen LogP contribution is -3.00. The molecule has 5 aromatic carbocycles. The highest BCUT2D eigenvalue weighted by Crippen LogP contribution is 2.43. The first-order valence-electron chi connectivity index (χ1n) is 20.3. The van der Waals surface area contributed by atoms with Gasteiger partial charge in [0, 0.05) is 89.0 Å². The largest absolute Gasteiger partial charge is 1.00 e. The molecular weight excluding hydrogens is 740 g/mol. The Bertz CT molecular complexity index is 2760.